The first-order valence-corrected chi connectivity index (χ1v) is 4.35. The van der Waals surface area contributed by atoms with Gasteiger partial charge in [0.25, 0.3) is 0 Å². The molecule has 0 aliphatic heterocycles. The van der Waals surface area contributed by atoms with E-state index in [1.165, 1.54) is 0 Å². The van der Waals surface area contributed by atoms with E-state index < -0.39 is 0 Å². The third kappa shape index (κ3) is 1.34. The Labute approximate surface area is 76.2 Å². The minimum atomic E-state index is 0.784. The number of carbonyl (C=O) groups excluding carboxylic acids is 1. The molecule has 0 N–H and O–H groups in total. The van der Waals surface area contributed by atoms with E-state index in [2.05, 4.69) is 10.2 Å². The highest BCUT2D eigenvalue weighted by molar-refractivity contribution is 6.34. The number of rotatable bonds is 1. The van der Waals surface area contributed by atoms with Gasteiger partial charge in [-0.05, 0) is 38.0 Å². The van der Waals surface area contributed by atoms with Gasteiger partial charge in [-0.3, -0.25) is 4.79 Å². The van der Waals surface area contributed by atoms with Gasteiger partial charge in [0.15, 0.2) is 0 Å². The second-order valence-corrected chi connectivity index (χ2v) is 3.53. The van der Waals surface area contributed by atoms with Gasteiger partial charge in [0.2, 0.25) is 0 Å². The van der Waals surface area contributed by atoms with Crippen molar-refractivity contribution in [1.82, 2.24) is 0 Å². The molecule has 0 spiro atoms. The first-order chi connectivity index (χ1) is 5.57. The molecule has 0 fully saturated rings. The van der Waals surface area contributed by atoms with Crippen LogP contribution in [0.1, 0.15) is 27.0 Å². The molecule has 0 bridgehead atoms. The molecule has 0 aromatic heterocycles. The van der Waals surface area contributed by atoms with Gasteiger partial charge in [-0.25, -0.2) is 0 Å². The van der Waals surface area contributed by atoms with Gasteiger partial charge in [0.05, 0.1) is 10.2 Å². The topological polar surface area (TPSA) is 17.1 Å². The molecule has 1 nitrogen and oxygen atoms in total. The average Bonchev–Trinajstić information content (AvgIpc) is 2.08. The summed E-state index contributed by atoms with van der Waals surface area (Å²) in [6.07, 6.45) is 0.904. The maximum Gasteiger partial charge on any atom is 0.150 e. The van der Waals surface area contributed by atoms with Crippen LogP contribution in [-0.2, 0) is 0 Å². The van der Waals surface area contributed by atoms with Gasteiger partial charge < -0.3 is 0 Å². The molecule has 1 aromatic rings. The van der Waals surface area contributed by atoms with Crippen LogP contribution in [0.3, 0.4) is 0 Å². The number of aldehydes is 1. The quantitative estimate of drug-likeness (QED) is 0.463. The summed E-state index contributed by atoms with van der Waals surface area (Å²) in [7, 11) is 3.53. The summed E-state index contributed by atoms with van der Waals surface area (Å²) in [6, 6.07) is 1.90. The van der Waals surface area contributed by atoms with E-state index in [-0.39, 0.29) is 0 Å². The Morgan fingerprint density at radius 2 is 1.83 bits per heavy atom. The van der Waals surface area contributed by atoms with E-state index in [0.29, 0.717) is 0 Å². The molecule has 0 aliphatic carbocycles. The van der Waals surface area contributed by atoms with Crippen LogP contribution < -0.4 is 5.19 Å². The molecule has 61 valence electrons. The summed E-state index contributed by atoms with van der Waals surface area (Å²) in [5, 5.41) is 1.10. The summed E-state index contributed by atoms with van der Waals surface area (Å²) in [5.74, 6) is 0. The van der Waals surface area contributed by atoms with Crippen molar-refractivity contribution < 1.29 is 4.79 Å². The lowest BCUT2D eigenvalue weighted by Gasteiger charge is -2.09. The SMILES string of the molecule is Cc1cc(C=O)c(C)c(C)c1[Si]. The second kappa shape index (κ2) is 3.23. The predicted octanol–water partition coefficient (Wildman–Crippen LogP) is 1.22. The Morgan fingerprint density at radius 3 is 2.33 bits per heavy atom. The smallest absolute Gasteiger partial charge is 0.150 e. The molecule has 0 aliphatic rings. The van der Waals surface area contributed by atoms with Gasteiger partial charge in [0.1, 0.15) is 6.29 Å². The van der Waals surface area contributed by atoms with Crippen molar-refractivity contribution in [2.45, 2.75) is 20.8 Å². The van der Waals surface area contributed by atoms with Gasteiger partial charge >= 0.3 is 0 Å². The largest absolute Gasteiger partial charge is 0.298 e. The first-order valence-electron chi connectivity index (χ1n) is 3.85. The van der Waals surface area contributed by atoms with Gasteiger partial charge in [0, 0.05) is 5.56 Å². The van der Waals surface area contributed by atoms with Crippen LogP contribution in [0.25, 0.3) is 0 Å². The normalized spacial score (nSPS) is 10.0. The summed E-state index contributed by atoms with van der Waals surface area (Å²) in [4.78, 5) is 10.6. The van der Waals surface area contributed by atoms with Gasteiger partial charge in [-0.2, -0.15) is 0 Å². The molecule has 0 unspecified atom stereocenters. The van der Waals surface area contributed by atoms with E-state index in [9.17, 15) is 4.79 Å². The zero-order valence-corrected chi connectivity index (χ0v) is 8.56. The fourth-order valence-corrected chi connectivity index (χ4v) is 1.50. The fourth-order valence-electron chi connectivity index (χ4n) is 1.24. The molecule has 0 amide bonds. The standard InChI is InChI=1S/C10H11OSi/c1-6-4-9(5-11)7(2)8(3)10(6)12/h4-5H,1-3H3. The average molecular weight is 175 g/mol. The monoisotopic (exact) mass is 175 g/mol. The Morgan fingerprint density at radius 1 is 1.25 bits per heavy atom. The van der Waals surface area contributed by atoms with E-state index in [1.807, 2.05) is 26.8 Å². The molecule has 1 aromatic carbocycles. The molecule has 0 atom stereocenters. The molecule has 12 heavy (non-hydrogen) atoms. The van der Waals surface area contributed by atoms with Crippen LogP contribution in [-0.4, -0.2) is 16.5 Å². The summed E-state index contributed by atoms with van der Waals surface area (Å²) >= 11 is 0. The zero-order valence-electron chi connectivity index (χ0n) is 7.56. The third-order valence-corrected chi connectivity index (χ3v) is 3.03. The highest BCUT2D eigenvalue weighted by Gasteiger charge is 2.05. The number of hydrogen-bond donors (Lipinski definition) is 0. The molecule has 1 rings (SSSR count). The molecular weight excluding hydrogens is 164 g/mol. The van der Waals surface area contributed by atoms with Gasteiger partial charge in [-0.1, -0.05) is 10.8 Å². The van der Waals surface area contributed by atoms with Crippen molar-refractivity contribution in [3.8, 4) is 0 Å². The molecule has 0 heterocycles. The maximum absolute atomic E-state index is 10.6. The van der Waals surface area contributed by atoms with Crippen molar-refractivity contribution in [3.63, 3.8) is 0 Å². The Bertz CT molecular complexity index is 329. The van der Waals surface area contributed by atoms with Crippen LogP contribution in [0.5, 0.6) is 0 Å². The minimum Gasteiger partial charge on any atom is -0.298 e. The molecule has 0 saturated carbocycles. The zero-order chi connectivity index (χ0) is 9.30. The Kier molecular flexibility index (Phi) is 2.48. The first kappa shape index (κ1) is 9.20. The third-order valence-electron chi connectivity index (χ3n) is 2.26. The van der Waals surface area contributed by atoms with Crippen molar-refractivity contribution in [2.24, 2.45) is 0 Å². The van der Waals surface area contributed by atoms with Gasteiger partial charge in [-0.15, -0.1) is 0 Å². The number of hydrogen-bond acceptors (Lipinski definition) is 1. The van der Waals surface area contributed by atoms with Crippen LogP contribution in [0.15, 0.2) is 6.07 Å². The molecule has 0 saturated heterocycles. The highest BCUT2D eigenvalue weighted by Crippen LogP contribution is 2.11. The van der Waals surface area contributed by atoms with Crippen molar-refractivity contribution in [2.75, 3.05) is 0 Å². The molecule has 3 radical (unpaired) electrons. The lowest BCUT2D eigenvalue weighted by Crippen LogP contribution is -2.14. The summed E-state index contributed by atoms with van der Waals surface area (Å²) in [6.45, 7) is 5.96. The van der Waals surface area contributed by atoms with Crippen LogP contribution in [0.4, 0.5) is 0 Å². The molecule has 2 heteroatoms. The van der Waals surface area contributed by atoms with Crippen molar-refractivity contribution in [3.05, 3.63) is 28.3 Å². The lowest BCUT2D eigenvalue weighted by atomic mass is 10.0. The second-order valence-electron chi connectivity index (χ2n) is 3.03. The van der Waals surface area contributed by atoms with E-state index in [1.54, 1.807) is 0 Å². The van der Waals surface area contributed by atoms with Crippen LogP contribution in [0, 0.1) is 20.8 Å². The summed E-state index contributed by atoms with van der Waals surface area (Å²) in [5.41, 5.74) is 4.10. The van der Waals surface area contributed by atoms with Crippen molar-refractivity contribution in [1.29, 1.82) is 0 Å². The Balaban J connectivity index is 3.49. The predicted molar refractivity (Wildman–Crippen MR) is 51.4 cm³/mol. The van der Waals surface area contributed by atoms with E-state index >= 15 is 0 Å². The van der Waals surface area contributed by atoms with Crippen LogP contribution in [0.2, 0.25) is 0 Å². The van der Waals surface area contributed by atoms with E-state index in [0.717, 1.165) is 33.7 Å². The summed E-state index contributed by atoms with van der Waals surface area (Å²) < 4.78 is 0. The van der Waals surface area contributed by atoms with Crippen LogP contribution >= 0.6 is 0 Å². The number of aryl methyl sites for hydroxylation is 1. The highest BCUT2D eigenvalue weighted by atomic mass is 28.1. The van der Waals surface area contributed by atoms with E-state index in [4.69, 9.17) is 0 Å². The Hall–Kier alpha value is -0.893. The number of carbonyl (C=O) groups is 1. The fraction of sp³-hybridized carbons (Fsp3) is 0.300. The maximum atomic E-state index is 10.6. The minimum absolute atomic E-state index is 0.784. The molecular formula is C10H11OSi. The number of benzene rings is 1. The lowest BCUT2D eigenvalue weighted by molar-refractivity contribution is 0.112. The van der Waals surface area contributed by atoms with Crippen molar-refractivity contribution >= 4 is 21.7 Å².